The fourth-order valence-electron chi connectivity index (χ4n) is 0.161. The molecule has 0 saturated heterocycles. The highest BCUT2D eigenvalue weighted by Crippen LogP contribution is 1.82. The van der Waals surface area contributed by atoms with Crippen molar-refractivity contribution in [3.05, 3.63) is 21.9 Å². The summed E-state index contributed by atoms with van der Waals surface area (Å²) in [6, 6.07) is 1.25. The molecule has 0 spiro atoms. The summed E-state index contributed by atoms with van der Waals surface area (Å²) in [6.45, 7) is 0. The Labute approximate surface area is 38.3 Å². The summed E-state index contributed by atoms with van der Waals surface area (Å²) in [4.78, 5) is 9.88. The van der Waals surface area contributed by atoms with Gasteiger partial charge in [0.15, 0.2) is 0 Å². The van der Waals surface area contributed by atoms with E-state index in [1.165, 1.54) is 6.07 Å². The quantitative estimate of drug-likeness (QED) is 0.476. The average Bonchev–Trinajstić information content (AvgIpc) is 1.86. The molecule has 0 amide bonds. The molecule has 0 atom stereocenters. The van der Waals surface area contributed by atoms with Crippen molar-refractivity contribution < 1.29 is 3.85 Å². The van der Waals surface area contributed by atoms with Gasteiger partial charge in [0, 0.05) is 17.7 Å². The summed E-state index contributed by atoms with van der Waals surface area (Å²) in [5.41, 5.74) is -0.319. The van der Waals surface area contributed by atoms with E-state index in [0.717, 1.165) is 11.6 Å². The Balaban J connectivity index is 3.41. The zero-order chi connectivity index (χ0) is 4.41. The normalized spacial score (nSPS) is 8.67. The second-order valence-electron chi connectivity index (χ2n) is 0.748. The van der Waals surface area contributed by atoms with Crippen LogP contribution in [-0.2, 0) is 0 Å². The van der Waals surface area contributed by atoms with Gasteiger partial charge in [-0.2, -0.15) is 0 Å². The van der Waals surface area contributed by atoms with Gasteiger partial charge < -0.3 is 3.85 Å². The van der Waals surface area contributed by atoms with Crippen LogP contribution in [0.25, 0.3) is 0 Å². The first-order valence-corrected chi connectivity index (χ1v) is 2.10. The van der Waals surface area contributed by atoms with Crippen LogP contribution in [0.3, 0.4) is 0 Å². The van der Waals surface area contributed by atoms with Crippen LogP contribution >= 0.6 is 11.6 Å². The van der Waals surface area contributed by atoms with Crippen molar-refractivity contribution in [2.75, 3.05) is 0 Å². The van der Waals surface area contributed by atoms with E-state index in [-0.39, 0.29) is 5.63 Å². The van der Waals surface area contributed by atoms with Crippen molar-refractivity contribution in [2.24, 2.45) is 0 Å². The Morgan fingerprint density at radius 2 is 2.83 bits per heavy atom. The van der Waals surface area contributed by atoms with E-state index in [2.05, 4.69) is 9.23 Å². The molecule has 6 heavy (non-hydrogen) atoms. The van der Waals surface area contributed by atoms with Gasteiger partial charge in [0.2, 0.25) is 0 Å². The van der Waals surface area contributed by atoms with E-state index in [4.69, 9.17) is 0 Å². The second kappa shape index (κ2) is 1.26. The van der Waals surface area contributed by atoms with E-state index < -0.39 is 0 Å². The first kappa shape index (κ1) is 3.61. The van der Waals surface area contributed by atoms with Gasteiger partial charge >= 0.3 is 5.63 Å². The molecule has 0 N–H and O–H groups in total. The molecule has 3 heteroatoms. The van der Waals surface area contributed by atoms with Crippen molar-refractivity contribution in [3.63, 3.8) is 0 Å². The van der Waals surface area contributed by atoms with Crippen LogP contribution in [0, 0.1) is 5.38 Å². The summed E-state index contributed by atoms with van der Waals surface area (Å²) < 4.78 is 4.26. The number of hydrogen-bond acceptors (Lipinski definition) is 3. The van der Waals surface area contributed by atoms with Crippen molar-refractivity contribution in [3.8, 4) is 0 Å². The van der Waals surface area contributed by atoms with Crippen LogP contribution < -0.4 is 5.63 Å². The molecular formula is C3HO2S. The number of hydrogen-bond donors (Lipinski definition) is 0. The van der Waals surface area contributed by atoms with Gasteiger partial charge in [0.25, 0.3) is 0 Å². The predicted octanol–water partition coefficient (Wildman–Crippen LogP) is 0.501. The molecule has 1 heterocycles. The van der Waals surface area contributed by atoms with Crippen molar-refractivity contribution in [1.82, 2.24) is 0 Å². The van der Waals surface area contributed by atoms with Crippen LogP contribution in [0.15, 0.2) is 14.7 Å². The molecular weight excluding hydrogens is 100 g/mol. The maximum absolute atomic E-state index is 9.88. The van der Waals surface area contributed by atoms with Gasteiger partial charge in [-0.15, -0.1) is 0 Å². The lowest BCUT2D eigenvalue weighted by molar-refractivity contribution is 0.644. The molecule has 0 aliphatic carbocycles. The summed E-state index contributed by atoms with van der Waals surface area (Å²) in [5.74, 6) is 0. The highest BCUT2D eigenvalue weighted by atomic mass is 32.1. The van der Waals surface area contributed by atoms with Crippen molar-refractivity contribution in [1.29, 1.82) is 0 Å². The lowest BCUT2D eigenvalue weighted by atomic mass is 10.8. The first-order valence-electron chi connectivity index (χ1n) is 1.36. The fraction of sp³-hybridized carbons (Fsp3) is 0. The molecule has 0 bridgehead atoms. The molecule has 1 aromatic rings. The maximum atomic E-state index is 9.88. The van der Waals surface area contributed by atoms with Gasteiger partial charge in [-0.25, -0.2) is 4.79 Å². The van der Waals surface area contributed by atoms with Crippen LogP contribution in [-0.4, -0.2) is 0 Å². The minimum Gasteiger partial charge on any atom is -0.361 e. The molecule has 0 saturated carbocycles. The van der Waals surface area contributed by atoms with Gasteiger partial charge in [-0.1, -0.05) is 0 Å². The molecule has 31 valence electrons. The maximum Gasteiger partial charge on any atom is 0.348 e. The van der Waals surface area contributed by atoms with E-state index >= 15 is 0 Å². The highest BCUT2D eigenvalue weighted by Gasteiger charge is 1.77. The summed E-state index contributed by atoms with van der Waals surface area (Å²) in [7, 11) is 0. The zero-order valence-corrected chi connectivity index (χ0v) is 3.62. The largest absolute Gasteiger partial charge is 0.361 e. The molecule has 0 aliphatic rings. The SMILES string of the molecule is O=c1c[c]so1. The topological polar surface area (TPSA) is 30.2 Å². The monoisotopic (exact) mass is 101 g/mol. The minimum atomic E-state index is -0.319. The predicted molar refractivity (Wildman–Crippen MR) is 21.7 cm³/mol. The highest BCUT2D eigenvalue weighted by molar-refractivity contribution is 7.00. The van der Waals surface area contributed by atoms with Crippen molar-refractivity contribution in [2.45, 2.75) is 0 Å². The molecule has 2 nitrogen and oxygen atoms in total. The molecule has 0 unspecified atom stereocenters. The van der Waals surface area contributed by atoms with Gasteiger partial charge in [0.1, 0.15) is 0 Å². The Kier molecular flexibility index (Phi) is 0.759. The lowest BCUT2D eigenvalue weighted by Crippen LogP contribution is -1.83. The van der Waals surface area contributed by atoms with Crippen LogP contribution in [0.2, 0.25) is 0 Å². The van der Waals surface area contributed by atoms with Crippen LogP contribution in [0.5, 0.6) is 0 Å². The Morgan fingerprint density at radius 3 is 3.00 bits per heavy atom. The van der Waals surface area contributed by atoms with Gasteiger partial charge in [-0.05, 0) is 0 Å². The van der Waals surface area contributed by atoms with E-state index in [0.29, 0.717) is 0 Å². The second-order valence-corrected chi connectivity index (χ2v) is 1.32. The third kappa shape index (κ3) is 0.490. The fourth-order valence-corrected chi connectivity index (χ4v) is 0.484. The molecule has 1 aromatic heterocycles. The Morgan fingerprint density at radius 1 is 2.00 bits per heavy atom. The summed E-state index contributed by atoms with van der Waals surface area (Å²) in [5, 5.41) is 2.49. The third-order valence-electron chi connectivity index (χ3n) is 0.349. The molecule has 0 aliphatic heterocycles. The van der Waals surface area contributed by atoms with E-state index in [1.807, 2.05) is 0 Å². The molecule has 1 radical (unpaired) electrons. The minimum absolute atomic E-state index is 0.319. The Hall–Kier alpha value is -0.570. The zero-order valence-electron chi connectivity index (χ0n) is 2.80. The van der Waals surface area contributed by atoms with E-state index in [1.54, 1.807) is 0 Å². The van der Waals surface area contributed by atoms with Gasteiger partial charge in [-0.3, -0.25) is 0 Å². The lowest BCUT2D eigenvalue weighted by Gasteiger charge is -1.48. The smallest absolute Gasteiger partial charge is 0.348 e. The summed E-state index contributed by atoms with van der Waals surface area (Å²) >= 11 is 0.927. The van der Waals surface area contributed by atoms with Crippen molar-refractivity contribution >= 4 is 11.6 Å². The van der Waals surface area contributed by atoms with Gasteiger partial charge in [0.05, 0.1) is 5.38 Å². The average molecular weight is 101 g/mol. The first-order chi connectivity index (χ1) is 2.89. The molecule has 0 aromatic carbocycles. The molecule has 1 rings (SSSR count). The number of rotatable bonds is 0. The van der Waals surface area contributed by atoms with E-state index in [9.17, 15) is 4.79 Å². The van der Waals surface area contributed by atoms with Crippen LogP contribution in [0.1, 0.15) is 0 Å². The molecule has 0 fully saturated rings. The Bertz CT molecular complexity index is 147. The third-order valence-corrected chi connectivity index (χ3v) is 0.810. The summed E-state index contributed by atoms with van der Waals surface area (Å²) in [6.07, 6.45) is 0. The van der Waals surface area contributed by atoms with Crippen LogP contribution in [0.4, 0.5) is 0 Å². The standard InChI is InChI=1S/C3HO2S/c4-3-1-2-6-5-3/h1H.